The summed E-state index contributed by atoms with van der Waals surface area (Å²) in [5, 5.41) is 13.1. The Morgan fingerprint density at radius 3 is 2.60 bits per heavy atom. The predicted molar refractivity (Wildman–Crippen MR) is 135 cm³/mol. The Morgan fingerprint density at radius 1 is 1.29 bits per heavy atom. The highest BCUT2D eigenvalue weighted by Crippen LogP contribution is 2.27. The third-order valence-electron chi connectivity index (χ3n) is 6.07. The summed E-state index contributed by atoms with van der Waals surface area (Å²) >= 11 is 1.59. The molecule has 2 heterocycles. The summed E-state index contributed by atoms with van der Waals surface area (Å²) in [4.78, 5) is 45.0. The van der Waals surface area contributed by atoms with Crippen molar-refractivity contribution < 1.29 is 24.2 Å². The van der Waals surface area contributed by atoms with E-state index >= 15 is 0 Å². The van der Waals surface area contributed by atoms with Crippen LogP contribution in [0.1, 0.15) is 31.5 Å². The predicted octanol–water partition coefficient (Wildman–Crippen LogP) is 2.74. The highest BCUT2D eigenvalue weighted by atomic mass is 32.1. The molecule has 3 atom stereocenters. The second-order valence-corrected chi connectivity index (χ2v) is 9.96. The van der Waals surface area contributed by atoms with Crippen molar-refractivity contribution >= 4 is 28.9 Å². The van der Waals surface area contributed by atoms with Gasteiger partial charge in [0.05, 0.1) is 28.1 Å². The van der Waals surface area contributed by atoms with E-state index < -0.39 is 18.1 Å². The van der Waals surface area contributed by atoms with Crippen molar-refractivity contribution in [3.8, 4) is 10.4 Å². The summed E-state index contributed by atoms with van der Waals surface area (Å²) in [6.07, 6.45) is 2.33. The number of hydrogen-bond donors (Lipinski definition) is 2. The quantitative estimate of drug-likeness (QED) is 0.487. The molecule has 8 nitrogen and oxygen atoms in total. The lowest BCUT2D eigenvalue weighted by molar-refractivity contribution is -0.141. The lowest BCUT2D eigenvalue weighted by Crippen LogP contribution is -2.48. The molecule has 1 aliphatic rings. The summed E-state index contributed by atoms with van der Waals surface area (Å²) in [6, 6.07) is 7.15. The molecule has 0 aliphatic carbocycles. The minimum Gasteiger partial charge on any atom is -0.391 e. The topological polar surface area (TPSA) is 109 Å². The molecular weight excluding hydrogens is 466 g/mol. The highest BCUT2D eigenvalue weighted by molar-refractivity contribution is 7.13. The van der Waals surface area contributed by atoms with Crippen LogP contribution in [-0.4, -0.2) is 65.0 Å². The summed E-state index contributed by atoms with van der Waals surface area (Å²) in [7, 11) is 1.43. The molecule has 0 saturated carbocycles. The van der Waals surface area contributed by atoms with Gasteiger partial charge in [-0.3, -0.25) is 14.4 Å². The van der Waals surface area contributed by atoms with E-state index in [1.165, 1.54) is 18.1 Å². The van der Waals surface area contributed by atoms with Gasteiger partial charge in [-0.1, -0.05) is 44.2 Å². The minimum absolute atomic E-state index is 0.0617. The van der Waals surface area contributed by atoms with Crippen LogP contribution in [0.3, 0.4) is 0 Å². The number of methoxy groups -OCH3 is 1. The molecule has 3 rings (SSSR count). The molecule has 0 spiro atoms. The van der Waals surface area contributed by atoms with Gasteiger partial charge >= 0.3 is 0 Å². The number of thiazole rings is 1. The average molecular weight is 500 g/mol. The van der Waals surface area contributed by atoms with E-state index in [-0.39, 0.29) is 43.1 Å². The molecule has 2 N–H and O–H groups in total. The molecule has 188 valence electrons. The maximum Gasteiger partial charge on any atom is 0.243 e. The fourth-order valence-corrected chi connectivity index (χ4v) is 4.96. The summed E-state index contributed by atoms with van der Waals surface area (Å²) < 4.78 is 4.83. The number of benzene rings is 1. The first-order chi connectivity index (χ1) is 16.7. The number of β-amino-alcohol motifs (C(OH)–C–C–N with tert-alkyl or cyclic N) is 1. The van der Waals surface area contributed by atoms with Gasteiger partial charge in [0.15, 0.2) is 5.78 Å². The third-order valence-corrected chi connectivity index (χ3v) is 7.05. The Morgan fingerprint density at radius 2 is 2.00 bits per heavy atom. The molecule has 0 unspecified atom stereocenters. The second kappa shape index (κ2) is 12.2. The number of likely N-dealkylation sites (tertiary alicyclic amines) is 1. The number of ether oxygens (including phenoxy) is 1. The van der Waals surface area contributed by atoms with E-state index in [4.69, 9.17) is 4.74 Å². The molecule has 35 heavy (non-hydrogen) atoms. The summed E-state index contributed by atoms with van der Waals surface area (Å²) in [6.45, 7) is 6.07. The Bertz CT molecular complexity index is 1060. The standard InChI is InChI=1S/C26H33N3O5S/c1-16(2)22(10-9-20(30)14-34-4)26(33)29-13-21(31)11-23(29)25(32)27-12-18-5-7-19(8-6-18)24-17(3)28-15-35-24/h5-10,15-16,21-23,31H,11-14H2,1-4H3,(H,27,32)/b10-9+/t21-,22+,23+/m1/s1. The van der Waals surface area contributed by atoms with Crippen LogP contribution in [-0.2, 0) is 25.7 Å². The number of rotatable bonds is 10. The van der Waals surface area contributed by atoms with Gasteiger partial charge in [0.25, 0.3) is 0 Å². The molecule has 1 saturated heterocycles. The monoisotopic (exact) mass is 499 g/mol. The first-order valence-electron chi connectivity index (χ1n) is 11.7. The lowest BCUT2D eigenvalue weighted by atomic mass is 9.93. The van der Waals surface area contributed by atoms with Crippen molar-refractivity contribution in [3.05, 3.63) is 53.2 Å². The van der Waals surface area contributed by atoms with Gasteiger partial charge < -0.3 is 20.1 Å². The molecule has 1 fully saturated rings. The van der Waals surface area contributed by atoms with Gasteiger partial charge in [0.1, 0.15) is 12.6 Å². The first-order valence-corrected chi connectivity index (χ1v) is 12.5. The van der Waals surface area contributed by atoms with Crippen LogP contribution < -0.4 is 5.32 Å². The average Bonchev–Trinajstić information content (AvgIpc) is 3.43. The van der Waals surface area contributed by atoms with Crippen molar-refractivity contribution in [2.45, 2.75) is 45.9 Å². The molecule has 9 heteroatoms. The van der Waals surface area contributed by atoms with Crippen molar-refractivity contribution in [2.24, 2.45) is 11.8 Å². The van der Waals surface area contributed by atoms with Crippen LogP contribution in [0.25, 0.3) is 10.4 Å². The van der Waals surface area contributed by atoms with Crippen molar-refractivity contribution in [1.29, 1.82) is 0 Å². The number of nitrogens with zero attached hydrogens (tertiary/aromatic N) is 2. The summed E-state index contributed by atoms with van der Waals surface area (Å²) in [5.41, 5.74) is 4.81. The van der Waals surface area contributed by atoms with Crippen LogP contribution in [0.2, 0.25) is 0 Å². The van der Waals surface area contributed by atoms with Crippen LogP contribution in [0.15, 0.2) is 41.9 Å². The molecule has 1 aromatic carbocycles. The van der Waals surface area contributed by atoms with Crippen LogP contribution in [0.4, 0.5) is 0 Å². The SMILES string of the molecule is COCC(=O)/C=C/[C@H](C(=O)N1C[C@H](O)C[C@H]1C(=O)NCc1ccc(-c2scnc2C)cc1)C(C)C. The molecule has 2 aromatic rings. The lowest BCUT2D eigenvalue weighted by Gasteiger charge is -2.28. The van der Waals surface area contributed by atoms with Crippen molar-refractivity contribution in [1.82, 2.24) is 15.2 Å². The van der Waals surface area contributed by atoms with Gasteiger partial charge in [0.2, 0.25) is 11.8 Å². The van der Waals surface area contributed by atoms with Gasteiger partial charge in [-0.05, 0) is 30.0 Å². The number of aromatic nitrogens is 1. The molecule has 1 aromatic heterocycles. The fraction of sp³-hybridized carbons (Fsp3) is 0.462. The zero-order chi connectivity index (χ0) is 25.5. The first kappa shape index (κ1) is 26.7. The van der Waals surface area contributed by atoms with Gasteiger partial charge in [-0.15, -0.1) is 11.3 Å². The Kier molecular flexibility index (Phi) is 9.31. The maximum atomic E-state index is 13.3. The number of carbonyl (C=O) groups excluding carboxylic acids is 3. The normalized spacial score (nSPS) is 18.9. The van der Waals surface area contributed by atoms with Gasteiger partial charge in [0, 0.05) is 26.6 Å². The maximum absolute atomic E-state index is 13.3. The van der Waals surface area contributed by atoms with E-state index in [0.717, 1.165) is 21.7 Å². The highest BCUT2D eigenvalue weighted by Gasteiger charge is 2.41. The molecule has 0 radical (unpaired) electrons. The van der Waals surface area contributed by atoms with E-state index in [9.17, 15) is 19.5 Å². The van der Waals surface area contributed by atoms with Crippen molar-refractivity contribution in [3.63, 3.8) is 0 Å². The van der Waals surface area contributed by atoms with E-state index in [0.29, 0.717) is 6.54 Å². The van der Waals surface area contributed by atoms with Gasteiger partial charge in [-0.2, -0.15) is 0 Å². The van der Waals surface area contributed by atoms with E-state index in [1.807, 2.05) is 50.5 Å². The number of ketones is 1. The Balaban J connectivity index is 1.65. The molecule has 2 amide bonds. The van der Waals surface area contributed by atoms with Crippen molar-refractivity contribution in [2.75, 3.05) is 20.3 Å². The third kappa shape index (κ3) is 6.84. The van der Waals surface area contributed by atoms with Crippen LogP contribution in [0, 0.1) is 18.8 Å². The second-order valence-electron chi connectivity index (χ2n) is 9.11. The summed E-state index contributed by atoms with van der Waals surface area (Å²) in [5.74, 6) is -1.49. The van der Waals surface area contributed by atoms with E-state index in [2.05, 4.69) is 10.3 Å². The number of aliphatic hydroxyl groups excluding tert-OH is 1. The number of carbonyl (C=O) groups is 3. The van der Waals surface area contributed by atoms with Crippen LogP contribution >= 0.6 is 11.3 Å². The Labute approximate surface area is 210 Å². The number of nitrogens with one attached hydrogen (secondary N) is 1. The Hall–Kier alpha value is -2.88. The number of hydrogen-bond acceptors (Lipinski definition) is 7. The number of aliphatic hydroxyl groups is 1. The zero-order valence-corrected chi connectivity index (χ0v) is 21.4. The zero-order valence-electron chi connectivity index (χ0n) is 20.6. The fourth-order valence-electron chi connectivity index (χ4n) is 4.15. The van der Waals surface area contributed by atoms with Crippen LogP contribution in [0.5, 0.6) is 0 Å². The number of amides is 2. The molecule has 1 aliphatic heterocycles. The largest absolute Gasteiger partial charge is 0.391 e. The molecule has 0 bridgehead atoms. The smallest absolute Gasteiger partial charge is 0.243 e. The number of aryl methyl sites for hydroxylation is 1. The van der Waals surface area contributed by atoms with E-state index in [1.54, 1.807) is 17.4 Å². The minimum atomic E-state index is -0.774. The van der Waals surface area contributed by atoms with Gasteiger partial charge in [-0.25, -0.2) is 4.98 Å². The molecular formula is C26H33N3O5S.